The Hall–Kier alpha value is -2.94. The van der Waals surface area contributed by atoms with Gasteiger partial charge in [0.25, 0.3) is 0 Å². The molecule has 0 unspecified atom stereocenters. The zero-order chi connectivity index (χ0) is 24.9. The molecule has 33 heavy (non-hydrogen) atoms. The van der Waals surface area contributed by atoms with Crippen molar-refractivity contribution in [2.24, 2.45) is 0 Å². The van der Waals surface area contributed by atoms with Gasteiger partial charge in [0.05, 0.1) is 39.3 Å². The number of aryl methyl sites for hydroxylation is 1. The molecule has 1 atom stereocenters. The minimum atomic E-state index is -3.77. The third kappa shape index (κ3) is 6.31. The molecule has 0 saturated carbocycles. The van der Waals surface area contributed by atoms with Crippen molar-refractivity contribution in [3.05, 3.63) is 47.0 Å². The van der Waals surface area contributed by atoms with Crippen molar-refractivity contribution in [1.82, 2.24) is 5.32 Å². The zero-order valence-corrected chi connectivity index (χ0v) is 21.4. The van der Waals surface area contributed by atoms with E-state index in [4.69, 9.17) is 14.2 Å². The van der Waals surface area contributed by atoms with Crippen molar-refractivity contribution >= 4 is 21.6 Å². The predicted octanol–water partition coefficient (Wildman–Crippen LogP) is 3.79. The molecule has 2 aromatic rings. The van der Waals surface area contributed by atoms with Gasteiger partial charge in [0.2, 0.25) is 15.9 Å². The molecule has 9 heteroatoms. The minimum Gasteiger partial charge on any atom is -0.497 e. The van der Waals surface area contributed by atoms with E-state index >= 15 is 0 Å². The molecule has 0 aliphatic carbocycles. The first-order valence-corrected chi connectivity index (χ1v) is 12.4. The van der Waals surface area contributed by atoms with Crippen LogP contribution >= 0.6 is 0 Å². The summed E-state index contributed by atoms with van der Waals surface area (Å²) in [5.74, 6) is 1.41. The third-order valence-corrected chi connectivity index (χ3v) is 6.55. The van der Waals surface area contributed by atoms with Crippen LogP contribution in [0.25, 0.3) is 0 Å². The molecule has 0 bridgehead atoms. The van der Waals surface area contributed by atoms with Crippen LogP contribution in [-0.4, -0.2) is 48.5 Å². The van der Waals surface area contributed by atoms with Crippen LogP contribution in [0.4, 0.5) is 5.69 Å². The summed E-state index contributed by atoms with van der Waals surface area (Å²) in [5.41, 5.74) is 3.22. The molecule has 0 aliphatic rings. The molecule has 0 saturated heterocycles. The molecule has 1 N–H and O–H groups in total. The summed E-state index contributed by atoms with van der Waals surface area (Å²) in [7, 11) is 0.806. The first kappa shape index (κ1) is 26.3. The summed E-state index contributed by atoms with van der Waals surface area (Å²) in [5, 5.41) is 2.92. The maximum absolute atomic E-state index is 12.9. The fourth-order valence-electron chi connectivity index (χ4n) is 3.68. The summed E-state index contributed by atoms with van der Waals surface area (Å²) < 4.78 is 42.1. The SMILES string of the molecule is COc1ccc(N(CC(=O)N[C@@H](C)c2cc(C(C)C)c(OC)cc2C)S(C)(=O)=O)c(OC)c1. The molecule has 0 aliphatic heterocycles. The number of anilines is 1. The summed E-state index contributed by atoms with van der Waals surface area (Å²) in [4.78, 5) is 12.9. The third-order valence-electron chi connectivity index (χ3n) is 5.43. The van der Waals surface area contributed by atoms with Gasteiger partial charge in [0, 0.05) is 6.07 Å². The number of methoxy groups -OCH3 is 3. The first-order chi connectivity index (χ1) is 15.4. The van der Waals surface area contributed by atoms with Crippen LogP contribution in [0, 0.1) is 6.92 Å². The van der Waals surface area contributed by atoms with Gasteiger partial charge in [-0.15, -0.1) is 0 Å². The van der Waals surface area contributed by atoms with Crippen LogP contribution in [0.5, 0.6) is 17.2 Å². The Morgan fingerprint density at radius 2 is 1.61 bits per heavy atom. The predicted molar refractivity (Wildman–Crippen MR) is 130 cm³/mol. The summed E-state index contributed by atoms with van der Waals surface area (Å²) in [6.45, 7) is 7.59. The van der Waals surface area contributed by atoms with Crippen molar-refractivity contribution in [2.45, 2.75) is 39.7 Å². The molecule has 0 aromatic heterocycles. The number of hydrogen-bond donors (Lipinski definition) is 1. The van der Waals surface area contributed by atoms with Gasteiger partial charge in [-0.1, -0.05) is 13.8 Å². The Morgan fingerprint density at radius 3 is 2.12 bits per heavy atom. The molecular weight excluding hydrogens is 444 g/mol. The number of amides is 1. The number of benzene rings is 2. The van der Waals surface area contributed by atoms with Gasteiger partial charge < -0.3 is 19.5 Å². The lowest BCUT2D eigenvalue weighted by Crippen LogP contribution is -2.41. The lowest BCUT2D eigenvalue weighted by molar-refractivity contribution is -0.120. The molecule has 2 aromatic carbocycles. The van der Waals surface area contributed by atoms with E-state index in [-0.39, 0.29) is 23.4 Å². The molecule has 182 valence electrons. The Labute approximate surface area is 196 Å². The number of sulfonamides is 1. The number of nitrogens with one attached hydrogen (secondary N) is 1. The number of rotatable bonds is 10. The molecule has 0 heterocycles. The van der Waals surface area contributed by atoms with Crippen LogP contribution in [0.1, 0.15) is 49.4 Å². The van der Waals surface area contributed by atoms with Crippen molar-refractivity contribution in [3.63, 3.8) is 0 Å². The van der Waals surface area contributed by atoms with E-state index < -0.39 is 22.5 Å². The quantitative estimate of drug-likeness (QED) is 0.558. The Balaban J connectivity index is 2.32. The van der Waals surface area contributed by atoms with E-state index in [0.29, 0.717) is 5.75 Å². The van der Waals surface area contributed by atoms with E-state index in [1.807, 2.05) is 26.0 Å². The molecule has 1 amide bonds. The highest BCUT2D eigenvalue weighted by molar-refractivity contribution is 7.92. The summed E-state index contributed by atoms with van der Waals surface area (Å²) in [6, 6.07) is 8.40. The maximum Gasteiger partial charge on any atom is 0.241 e. The van der Waals surface area contributed by atoms with Crippen molar-refractivity contribution < 1.29 is 27.4 Å². The second-order valence-corrected chi connectivity index (χ2v) is 10.1. The fourth-order valence-corrected chi connectivity index (χ4v) is 4.54. The number of ether oxygens (including phenoxy) is 3. The minimum absolute atomic E-state index is 0.241. The van der Waals surface area contributed by atoms with Crippen LogP contribution in [0.3, 0.4) is 0 Å². The van der Waals surface area contributed by atoms with Gasteiger partial charge in [-0.25, -0.2) is 8.42 Å². The van der Waals surface area contributed by atoms with Crippen molar-refractivity contribution in [1.29, 1.82) is 0 Å². The van der Waals surface area contributed by atoms with E-state index in [1.54, 1.807) is 25.3 Å². The Bertz CT molecular complexity index is 1100. The topological polar surface area (TPSA) is 94.2 Å². The number of hydrogen-bond acceptors (Lipinski definition) is 6. The second kappa shape index (κ2) is 10.8. The number of carbonyl (C=O) groups excluding carboxylic acids is 1. The summed E-state index contributed by atoms with van der Waals surface area (Å²) >= 11 is 0. The van der Waals surface area contributed by atoms with E-state index in [2.05, 4.69) is 19.2 Å². The highest BCUT2D eigenvalue weighted by Crippen LogP contribution is 2.34. The average molecular weight is 479 g/mol. The normalized spacial score (nSPS) is 12.3. The molecule has 0 fully saturated rings. The first-order valence-electron chi connectivity index (χ1n) is 10.6. The van der Waals surface area contributed by atoms with E-state index in [0.717, 1.165) is 33.0 Å². The largest absolute Gasteiger partial charge is 0.497 e. The Kier molecular flexibility index (Phi) is 8.60. The highest BCUT2D eigenvalue weighted by Gasteiger charge is 2.25. The highest BCUT2D eigenvalue weighted by atomic mass is 32.2. The summed E-state index contributed by atoms with van der Waals surface area (Å²) in [6.07, 6.45) is 1.05. The number of carbonyl (C=O) groups is 1. The van der Waals surface area contributed by atoms with Gasteiger partial charge in [-0.3, -0.25) is 9.10 Å². The lowest BCUT2D eigenvalue weighted by atomic mass is 9.93. The van der Waals surface area contributed by atoms with Gasteiger partial charge in [0.15, 0.2) is 0 Å². The Morgan fingerprint density at radius 1 is 0.970 bits per heavy atom. The average Bonchev–Trinajstić information content (AvgIpc) is 2.75. The molecular formula is C24H34N2O6S. The van der Waals surface area contributed by atoms with Gasteiger partial charge in [0.1, 0.15) is 23.8 Å². The molecule has 8 nitrogen and oxygen atoms in total. The zero-order valence-electron chi connectivity index (χ0n) is 20.6. The van der Waals surface area contributed by atoms with Crippen molar-refractivity contribution in [3.8, 4) is 17.2 Å². The van der Waals surface area contributed by atoms with E-state index in [9.17, 15) is 13.2 Å². The molecule has 0 spiro atoms. The number of nitrogens with zero attached hydrogens (tertiary/aromatic N) is 1. The van der Waals surface area contributed by atoms with Gasteiger partial charge in [-0.05, 0) is 60.7 Å². The maximum atomic E-state index is 12.9. The standard InChI is InChI=1S/C24H34N2O6S/c1-15(2)19-13-20(16(3)11-22(19)31-6)17(4)25-24(27)14-26(33(8,28)29)21-10-9-18(30-5)12-23(21)32-7/h9-13,15,17H,14H2,1-8H3,(H,25,27)/t17-/m0/s1. The molecule has 0 radical (unpaired) electrons. The van der Waals surface area contributed by atoms with Crippen LogP contribution in [0.15, 0.2) is 30.3 Å². The van der Waals surface area contributed by atoms with Crippen LogP contribution < -0.4 is 23.8 Å². The molecule has 2 rings (SSSR count). The lowest BCUT2D eigenvalue weighted by Gasteiger charge is -2.26. The van der Waals surface area contributed by atoms with Crippen molar-refractivity contribution in [2.75, 3.05) is 38.4 Å². The van der Waals surface area contributed by atoms with Crippen LogP contribution in [-0.2, 0) is 14.8 Å². The fraction of sp³-hybridized carbons (Fsp3) is 0.458. The second-order valence-electron chi connectivity index (χ2n) is 8.20. The smallest absolute Gasteiger partial charge is 0.241 e. The van der Waals surface area contributed by atoms with Crippen LogP contribution in [0.2, 0.25) is 0 Å². The van der Waals surface area contributed by atoms with Gasteiger partial charge >= 0.3 is 0 Å². The van der Waals surface area contributed by atoms with Gasteiger partial charge in [-0.2, -0.15) is 0 Å². The van der Waals surface area contributed by atoms with E-state index in [1.165, 1.54) is 14.2 Å². The monoisotopic (exact) mass is 478 g/mol.